The van der Waals surface area contributed by atoms with Crippen LogP contribution in [-0.4, -0.2) is 6.05 Å². The van der Waals surface area contributed by atoms with Crippen LogP contribution in [-0.2, 0) is 0 Å². The number of benzene rings is 6. The fourth-order valence-corrected chi connectivity index (χ4v) is 7.43. The van der Waals surface area contributed by atoms with Gasteiger partial charge in [-0.25, -0.2) is 5.43 Å². The highest BCUT2D eigenvalue weighted by Crippen LogP contribution is 2.50. The Morgan fingerprint density at radius 3 is 1.87 bits per heavy atom. The minimum atomic E-state index is -3.42. The van der Waals surface area contributed by atoms with Gasteiger partial charge < -0.3 is 0 Å². The van der Waals surface area contributed by atoms with Gasteiger partial charge in [-0.1, -0.05) is 139 Å². The molecule has 0 unspecified atom stereocenters. The Hall–Kier alpha value is -5.46. The highest BCUT2D eigenvalue weighted by Gasteiger charge is 2.41. The molecule has 0 amide bonds. The molecule has 1 N–H and O–H groups in total. The van der Waals surface area contributed by atoms with Crippen molar-refractivity contribution in [2.75, 3.05) is 0 Å². The molecule has 0 aliphatic carbocycles. The zero-order chi connectivity index (χ0) is 30.4. The predicted octanol–water partition coefficient (Wildman–Crippen LogP) is 11.5. The summed E-state index contributed by atoms with van der Waals surface area (Å²) in [6.07, 6.45) is 0. The van der Waals surface area contributed by atoms with Gasteiger partial charge in [0, 0.05) is 25.7 Å². The first-order valence-electron chi connectivity index (χ1n) is 14.6. The Kier molecular flexibility index (Phi) is 6.58. The summed E-state index contributed by atoms with van der Waals surface area (Å²) in [6, 6.07) is 44.4. The van der Waals surface area contributed by atoms with Gasteiger partial charge in [-0.05, 0) is 51.1 Å². The van der Waals surface area contributed by atoms with Crippen LogP contribution in [0.25, 0.3) is 64.8 Å². The molecule has 0 atom stereocenters. The van der Waals surface area contributed by atoms with E-state index in [0.717, 1.165) is 53.6 Å². The third-order valence-electron chi connectivity index (χ3n) is 8.25. The maximum Gasteiger partial charge on any atom is 0.368 e. The van der Waals surface area contributed by atoms with E-state index < -0.39 is 6.05 Å². The van der Waals surface area contributed by atoms with Crippen molar-refractivity contribution in [3.63, 3.8) is 0 Å². The Morgan fingerprint density at radius 2 is 1.11 bits per heavy atom. The van der Waals surface area contributed by atoms with Gasteiger partial charge in [0.15, 0.2) is 0 Å². The second kappa shape index (κ2) is 10.9. The van der Waals surface area contributed by atoms with E-state index in [0.29, 0.717) is 11.1 Å². The first-order valence-corrected chi connectivity index (χ1v) is 15.5. The van der Waals surface area contributed by atoms with Crippen LogP contribution < -0.4 is 5.43 Å². The maximum absolute atomic E-state index is 15.7. The van der Waals surface area contributed by atoms with Crippen LogP contribution in [0.1, 0.15) is 11.1 Å². The van der Waals surface area contributed by atoms with Gasteiger partial charge in [-0.15, -0.1) is 16.5 Å². The number of nitrogens with zero attached hydrogens (tertiary/aromatic N) is 2. The Morgan fingerprint density at radius 1 is 0.511 bits per heavy atom. The summed E-state index contributed by atoms with van der Waals surface area (Å²) in [5, 5.41) is 10.3. The minimum absolute atomic E-state index is 0.138. The molecule has 0 fully saturated rings. The van der Waals surface area contributed by atoms with Crippen LogP contribution in [0.5, 0.6) is 0 Å². The molecule has 0 saturated heterocycles. The highest BCUT2D eigenvalue weighted by molar-refractivity contribution is 7.26. The summed E-state index contributed by atoms with van der Waals surface area (Å²) in [7, 11) is 0. The van der Waals surface area contributed by atoms with Gasteiger partial charge in [0.05, 0.1) is 5.57 Å². The molecule has 7 aromatic rings. The van der Waals surface area contributed by atoms with Crippen molar-refractivity contribution < 1.29 is 8.78 Å². The molecule has 216 valence electrons. The Balaban J connectivity index is 1.50. The molecule has 1 aliphatic rings. The number of thiophene rings is 1. The zero-order valence-electron chi connectivity index (χ0n) is 23.9. The smallest absolute Gasteiger partial charge is 0.225 e. The average Bonchev–Trinajstić information content (AvgIpc) is 3.47. The van der Waals surface area contributed by atoms with Crippen molar-refractivity contribution in [2.24, 2.45) is 10.3 Å². The normalized spacial score (nSPS) is 14.2. The lowest BCUT2D eigenvalue weighted by atomic mass is 9.84. The van der Waals surface area contributed by atoms with E-state index in [9.17, 15) is 0 Å². The van der Waals surface area contributed by atoms with Crippen molar-refractivity contribution in [3.05, 3.63) is 157 Å². The lowest BCUT2D eigenvalue weighted by Crippen LogP contribution is -2.36. The largest absolute Gasteiger partial charge is 0.368 e. The van der Waals surface area contributed by atoms with Crippen LogP contribution >= 0.6 is 11.3 Å². The highest BCUT2D eigenvalue weighted by atomic mass is 32.1. The van der Waals surface area contributed by atoms with Crippen LogP contribution in [0.3, 0.4) is 0 Å². The molecule has 0 bridgehead atoms. The SMILES string of the molecule is FC1(F)NN=NC(c2ccccc2-c2c(-c3ccccc3-c3ccccc3)ccc3sc4ccccc4c23)=C1c1ccccc1. The molecule has 1 aromatic heterocycles. The average molecular weight is 606 g/mol. The monoisotopic (exact) mass is 605 g/mol. The summed E-state index contributed by atoms with van der Waals surface area (Å²) in [5.74, 6) is 0. The lowest BCUT2D eigenvalue weighted by Gasteiger charge is -2.26. The summed E-state index contributed by atoms with van der Waals surface area (Å²) in [4.78, 5) is 0. The molecule has 0 radical (unpaired) electrons. The summed E-state index contributed by atoms with van der Waals surface area (Å²) in [5.41, 5.74) is 8.89. The number of hydrogen-bond acceptors (Lipinski definition) is 4. The molecule has 6 heteroatoms. The zero-order valence-corrected chi connectivity index (χ0v) is 24.7. The molecule has 8 rings (SSSR count). The molecule has 2 heterocycles. The molecule has 1 aliphatic heterocycles. The van der Waals surface area contributed by atoms with E-state index in [-0.39, 0.29) is 11.3 Å². The first kappa shape index (κ1) is 27.1. The number of alkyl halides is 2. The van der Waals surface area contributed by atoms with Crippen molar-refractivity contribution in [1.82, 2.24) is 5.43 Å². The van der Waals surface area contributed by atoms with Crippen molar-refractivity contribution in [1.29, 1.82) is 0 Å². The van der Waals surface area contributed by atoms with Gasteiger partial charge >= 0.3 is 6.05 Å². The topological polar surface area (TPSA) is 36.8 Å². The summed E-state index contributed by atoms with van der Waals surface area (Å²) in [6.45, 7) is 0. The molecule has 3 nitrogen and oxygen atoms in total. The summed E-state index contributed by atoms with van der Waals surface area (Å²) < 4.78 is 33.7. The van der Waals surface area contributed by atoms with Gasteiger partial charge in [-0.3, -0.25) is 0 Å². The van der Waals surface area contributed by atoms with Crippen LogP contribution in [0.2, 0.25) is 0 Å². The second-order valence-electron chi connectivity index (χ2n) is 10.9. The Labute approximate surface area is 262 Å². The lowest BCUT2D eigenvalue weighted by molar-refractivity contribution is 0.0251. The minimum Gasteiger partial charge on any atom is -0.225 e. The Bertz CT molecular complexity index is 2270. The number of nitrogens with one attached hydrogen (secondary N) is 1. The van der Waals surface area contributed by atoms with Crippen molar-refractivity contribution in [2.45, 2.75) is 6.05 Å². The molecule has 0 spiro atoms. The molecule has 6 aromatic carbocycles. The van der Waals surface area contributed by atoms with E-state index in [4.69, 9.17) is 0 Å². The third-order valence-corrected chi connectivity index (χ3v) is 9.39. The van der Waals surface area contributed by atoms with E-state index in [1.54, 1.807) is 35.6 Å². The van der Waals surface area contributed by atoms with Gasteiger partial charge in [0.2, 0.25) is 0 Å². The van der Waals surface area contributed by atoms with Gasteiger partial charge in [-0.2, -0.15) is 8.78 Å². The molecule has 45 heavy (non-hydrogen) atoms. The van der Waals surface area contributed by atoms with Crippen LogP contribution in [0.4, 0.5) is 8.78 Å². The third kappa shape index (κ3) is 4.62. The van der Waals surface area contributed by atoms with E-state index in [1.807, 2.05) is 78.2 Å². The van der Waals surface area contributed by atoms with Gasteiger partial charge in [0.1, 0.15) is 5.70 Å². The quantitative estimate of drug-likeness (QED) is 0.195. The van der Waals surface area contributed by atoms with Crippen molar-refractivity contribution in [3.8, 4) is 33.4 Å². The van der Waals surface area contributed by atoms with E-state index in [2.05, 4.69) is 58.9 Å². The molecular formula is C39H25F2N3S. The molecular weight excluding hydrogens is 581 g/mol. The van der Waals surface area contributed by atoms with E-state index in [1.165, 1.54) is 0 Å². The predicted molar refractivity (Wildman–Crippen MR) is 182 cm³/mol. The molecule has 0 saturated carbocycles. The fourth-order valence-electron chi connectivity index (χ4n) is 6.32. The van der Waals surface area contributed by atoms with Crippen molar-refractivity contribution >= 4 is 42.8 Å². The number of rotatable bonds is 5. The fraction of sp³-hybridized carbons (Fsp3) is 0.0256. The number of fused-ring (bicyclic) bond motifs is 3. The second-order valence-corrected chi connectivity index (χ2v) is 12.0. The van der Waals surface area contributed by atoms with E-state index >= 15 is 8.78 Å². The standard InChI is InChI=1S/C39H25F2N3S/c40-39(41)37(26-15-5-2-6-16-26)38(42-44-43-39)31-20-10-9-19-29(31)35-30(23-24-34-36(35)32-21-11-12-22-33(32)45-34)28-18-8-7-17-27(28)25-13-3-1-4-14-25/h1-24H,(H,42,43). The number of halogens is 2. The maximum atomic E-state index is 15.7. The van der Waals surface area contributed by atoms with Crippen LogP contribution in [0, 0.1) is 0 Å². The summed E-state index contributed by atoms with van der Waals surface area (Å²) >= 11 is 1.73. The van der Waals surface area contributed by atoms with Gasteiger partial charge in [0.25, 0.3) is 0 Å². The first-order chi connectivity index (χ1) is 22.1. The number of hydrogen-bond donors (Lipinski definition) is 1. The van der Waals surface area contributed by atoms with Crippen LogP contribution in [0.15, 0.2) is 156 Å².